The second kappa shape index (κ2) is 17.1. The monoisotopic (exact) mass is 716 g/mol. The highest BCUT2D eigenvalue weighted by atomic mass is 35.5. The Kier molecular flexibility index (Phi) is 14.3. The summed E-state index contributed by atoms with van der Waals surface area (Å²) in [6.45, 7) is 1.82. The molecule has 4 aliphatic heterocycles. The van der Waals surface area contributed by atoms with Crippen molar-refractivity contribution in [2.45, 2.75) is 37.8 Å². The van der Waals surface area contributed by atoms with E-state index in [1.54, 1.807) is 27.4 Å². The van der Waals surface area contributed by atoms with Crippen LogP contribution in [0.5, 0.6) is 46.0 Å². The van der Waals surface area contributed by atoms with Crippen molar-refractivity contribution in [1.29, 1.82) is 0 Å². The minimum Gasteiger partial charge on any atom is -0.504 e. The van der Waals surface area contributed by atoms with E-state index >= 15 is 0 Å². The number of likely N-dealkylation sites (N-methyl/N-ethyl adjacent to an activating group) is 2. The summed E-state index contributed by atoms with van der Waals surface area (Å²) >= 11 is 0. The molecule has 6 bridgehead atoms. The molecule has 1 unspecified atom stereocenters. The van der Waals surface area contributed by atoms with Crippen LogP contribution in [0.2, 0.25) is 0 Å². The molecule has 0 spiro atoms. The molecule has 0 aromatic heterocycles. The molecule has 0 radical (unpaired) electrons. The molecule has 2 atom stereocenters. The summed E-state index contributed by atoms with van der Waals surface area (Å²) in [5.41, 5.74) is 6.93. The number of methoxy groups -OCH3 is 3. The number of benzene rings is 4. The molecule has 0 amide bonds. The topological polar surface area (TPSA) is 199 Å². The summed E-state index contributed by atoms with van der Waals surface area (Å²) in [4.78, 5) is 4.75. The van der Waals surface area contributed by atoms with Crippen LogP contribution >= 0.6 is 12.4 Å². The van der Waals surface area contributed by atoms with Gasteiger partial charge in [0.2, 0.25) is 5.75 Å². The molecule has 8 rings (SSSR count). The fraction of sp³-hybridized carbons (Fsp3) is 0.351. The van der Waals surface area contributed by atoms with Crippen LogP contribution in [-0.2, 0) is 25.7 Å². The van der Waals surface area contributed by atoms with Gasteiger partial charge in [-0.25, -0.2) is 0 Å². The number of phenolic OH excluding ortho intramolecular Hbond substituents is 1. The first-order valence-corrected chi connectivity index (χ1v) is 15.5. The molecule has 4 aliphatic rings. The van der Waals surface area contributed by atoms with Gasteiger partial charge in [-0.05, 0) is 110 Å². The van der Waals surface area contributed by atoms with Gasteiger partial charge in [0.15, 0.2) is 34.5 Å². The third-order valence-corrected chi connectivity index (χ3v) is 9.64. The van der Waals surface area contributed by atoms with E-state index in [0.717, 1.165) is 55.5 Å². The highest BCUT2D eigenvalue weighted by Gasteiger charge is 2.34. The molecule has 13 heteroatoms. The van der Waals surface area contributed by atoms with Crippen molar-refractivity contribution in [2.24, 2.45) is 0 Å². The van der Waals surface area contributed by atoms with E-state index in [9.17, 15) is 5.11 Å². The maximum atomic E-state index is 10.7. The zero-order valence-electron chi connectivity index (χ0n) is 29.0. The van der Waals surface area contributed by atoms with Crippen molar-refractivity contribution in [3.8, 4) is 46.0 Å². The van der Waals surface area contributed by atoms with Crippen molar-refractivity contribution < 1.29 is 50.7 Å². The molecule has 0 saturated heterocycles. The number of hydrogen-bond acceptors (Lipinski definition) is 8. The number of hydrogen-bond donors (Lipinski definition) is 1. The summed E-state index contributed by atoms with van der Waals surface area (Å²) in [5, 5.41) is 10.7. The van der Waals surface area contributed by atoms with E-state index in [-0.39, 0.29) is 52.1 Å². The van der Waals surface area contributed by atoms with Gasteiger partial charge in [-0.1, -0.05) is 18.2 Å². The fourth-order valence-electron chi connectivity index (χ4n) is 7.11. The standard InChI is InChI=1S/C37H40N2O6.ClH.4H2O/c1-38-14-12-24-19-32(41-3)33-21-27(24)28(38)17-23-8-11-30(40)31(18-23)44-26-9-6-22(7-10-26)16-29-35-25(13-15-39(29)2)20-34(42-4)36(43-5)37(35)45-33;;;;;/h6-11,18-21,28-29,40H,12-17H2,1-5H3;1H;4*1H2/t28-,29?;;;;;/m1...../s1. The summed E-state index contributed by atoms with van der Waals surface area (Å²) in [5.74, 6) is 4.44. The maximum Gasteiger partial charge on any atom is 0.204 e. The minimum atomic E-state index is 0. The SMILES string of the molecule is COc1cc2c3cc1Oc1c(OC)c(OC)cc4c1C(Cc1ccc(cc1)Oc1cc(ccc1O)C[C@H]3N(C)CC2)N(C)CC4.Cl.O.O.O.O. The Morgan fingerprint density at radius 3 is 1.92 bits per heavy atom. The largest absolute Gasteiger partial charge is 0.504 e. The van der Waals surface area contributed by atoms with E-state index in [2.05, 4.69) is 54.2 Å². The van der Waals surface area contributed by atoms with Crippen molar-refractivity contribution in [1.82, 2.24) is 9.80 Å². The minimum absolute atomic E-state index is 0. The van der Waals surface area contributed by atoms with Gasteiger partial charge < -0.3 is 50.7 Å². The molecule has 0 fully saturated rings. The lowest BCUT2D eigenvalue weighted by molar-refractivity contribution is 0.220. The van der Waals surface area contributed by atoms with Crippen LogP contribution in [0.3, 0.4) is 0 Å². The molecular formula is C37H49ClN2O10. The lowest BCUT2D eigenvalue weighted by Crippen LogP contribution is -2.34. The number of ether oxygens (including phenoxy) is 5. The maximum absolute atomic E-state index is 10.7. The van der Waals surface area contributed by atoms with Gasteiger partial charge >= 0.3 is 0 Å². The fourth-order valence-corrected chi connectivity index (χ4v) is 7.11. The first kappa shape index (κ1) is 41.9. The zero-order chi connectivity index (χ0) is 31.2. The Labute approximate surface area is 298 Å². The lowest BCUT2D eigenvalue weighted by Gasteiger charge is -2.37. The van der Waals surface area contributed by atoms with Gasteiger partial charge in [0, 0.05) is 30.7 Å². The summed E-state index contributed by atoms with van der Waals surface area (Å²) < 4.78 is 31.0. The molecule has 4 aromatic carbocycles. The number of phenols is 1. The average molecular weight is 717 g/mol. The summed E-state index contributed by atoms with van der Waals surface area (Å²) in [6.07, 6.45) is 3.25. The van der Waals surface area contributed by atoms with E-state index in [1.165, 1.54) is 16.7 Å². The molecule has 50 heavy (non-hydrogen) atoms. The van der Waals surface area contributed by atoms with Crippen LogP contribution in [0.1, 0.15) is 45.5 Å². The van der Waals surface area contributed by atoms with Gasteiger partial charge in [0.05, 0.1) is 21.3 Å². The average Bonchev–Trinajstić information content (AvgIpc) is 3.05. The smallest absolute Gasteiger partial charge is 0.204 e. The van der Waals surface area contributed by atoms with Crippen LogP contribution in [0.15, 0.2) is 60.7 Å². The third kappa shape index (κ3) is 7.57. The lowest BCUT2D eigenvalue weighted by atomic mass is 9.87. The highest BCUT2D eigenvalue weighted by molar-refractivity contribution is 5.85. The highest BCUT2D eigenvalue weighted by Crippen LogP contribution is 2.51. The summed E-state index contributed by atoms with van der Waals surface area (Å²) in [6, 6.07) is 20.2. The quantitative estimate of drug-likeness (QED) is 0.328. The Morgan fingerprint density at radius 1 is 0.660 bits per heavy atom. The Hall–Kier alpha value is -4.27. The molecule has 9 N–H and O–H groups in total. The van der Waals surface area contributed by atoms with Gasteiger partial charge in [0.1, 0.15) is 5.75 Å². The Morgan fingerprint density at radius 2 is 1.26 bits per heavy atom. The van der Waals surface area contributed by atoms with Crippen LogP contribution in [0.4, 0.5) is 0 Å². The second-order valence-electron chi connectivity index (χ2n) is 12.3. The van der Waals surface area contributed by atoms with Crippen molar-refractivity contribution in [2.75, 3.05) is 48.5 Å². The van der Waals surface area contributed by atoms with Gasteiger partial charge in [0.25, 0.3) is 0 Å². The molecule has 0 aliphatic carbocycles. The van der Waals surface area contributed by atoms with Crippen molar-refractivity contribution in [3.63, 3.8) is 0 Å². The number of fused-ring (bicyclic) bond motifs is 2. The normalized spacial score (nSPS) is 17.5. The predicted molar refractivity (Wildman–Crippen MR) is 194 cm³/mol. The first-order chi connectivity index (χ1) is 21.9. The number of halogens is 1. The first-order valence-electron chi connectivity index (χ1n) is 15.5. The zero-order valence-corrected chi connectivity index (χ0v) is 29.8. The van der Waals surface area contributed by atoms with Crippen LogP contribution in [0, 0.1) is 0 Å². The van der Waals surface area contributed by atoms with Crippen molar-refractivity contribution >= 4 is 12.4 Å². The molecule has 274 valence electrons. The van der Waals surface area contributed by atoms with E-state index in [4.69, 9.17) is 23.7 Å². The number of rotatable bonds is 3. The van der Waals surface area contributed by atoms with Gasteiger partial charge in [-0.15, -0.1) is 12.4 Å². The van der Waals surface area contributed by atoms with E-state index < -0.39 is 0 Å². The molecule has 4 heterocycles. The molecule has 12 nitrogen and oxygen atoms in total. The third-order valence-electron chi connectivity index (χ3n) is 9.64. The van der Waals surface area contributed by atoms with Gasteiger partial charge in [-0.3, -0.25) is 9.80 Å². The Balaban J connectivity index is 0.00000173. The second-order valence-corrected chi connectivity index (χ2v) is 12.3. The van der Waals surface area contributed by atoms with E-state index in [1.807, 2.05) is 24.3 Å². The van der Waals surface area contributed by atoms with Crippen molar-refractivity contribution in [3.05, 3.63) is 94.0 Å². The molecular weight excluding hydrogens is 668 g/mol. The van der Waals surface area contributed by atoms with Gasteiger partial charge in [-0.2, -0.15) is 0 Å². The predicted octanol–water partition coefficient (Wildman–Crippen LogP) is 3.98. The molecule has 4 aromatic rings. The molecule has 0 saturated carbocycles. The van der Waals surface area contributed by atoms with Crippen LogP contribution in [0.25, 0.3) is 0 Å². The van der Waals surface area contributed by atoms with Crippen LogP contribution in [-0.4, -0.2) is 85.3 Å². The van der Waals surface area contributed by atoms with E-state index in [0.29, 0.717) is 40.2 Å². The number of aromatic hydroxyl groups is 1. The Bertz CT molecular complexity index is 1750. The van der Waals surface area contributed by atoms with Crippen LogP contribution < -0.4 is 23.7 Å². The number of nitrogens with zero attached hydrogens (tertiary/aromatic N) is 2. The summed E-state index contributed by atoms with van der Waals surface area (Å²) in [7, 11) is 9.34.